The quantitative estimate of drug-likeness (QED) is 0.722. The SMILES string of the molecule is N#CCc1cc(C(=N)c2cccc(N3CCNCC3)n2)c(N)cn1. The van der Waals surface area contributed by atoms with E-state index in [0.29, 0.717) is 22.6 Å². The van der Waals surface area contributed by atoms with Crippen molar-refractivity contribution in [1.82, 2.24) is 15.3 Å². The van der Waals surface area contributed by atoms with Crippen molar-refractivity contribution in [3.8, 4) is 6.07 Å². The zero-order valence-electron chi connectivity index (χ0n) is 13.3. The Labute approximate surface area is 140 Å². The molecule has 2 aromatic heterocycles. The fourth-order valence-corrected chi connectivity index (χ4v) is 2.67. The molecule has 122 valence electrons. The van der Waals surface area contributed by atoms with Gasteiger partial charge in [0.05, 0.1) is 41.5 Å². The van der Waals surface area contributed by atoms with Crippen LogP contribution in [0.15, 0.2) is 30.5 Å². The van der Waals surface area contributed by atoms with Gasteiger partial charge in [-0.15, -0.1) is 0 Å². The molecule has 7 nitrogen and oxygen atoms in total. The summed E-state index contributed by atoms with van der Waals surface area (Å²) in [5, 5.41) is 20.6. The molecular weight excluding hydrogens is 302 g/mol. The van der Waals surface area contributed by atoms with Crippen LogP contribution in [-0.4, -0.2) is 41.9 Å². The van der Waals surface area contributed by atoms with Crippen molar-refractivity contribution in [3.05, 3.63) is 47.4 Å². The van der Waals surface area contributed by atoms with E-state index < -0.39 is 0 Å². The minimum Gasteiger partial charge on any atom is -0.397 e. The summed E-state index contributed by atoms with van der Waals surface area (Å²) in [5.41, 5.74) is 8.35. The van der Waals surface area contributed by atoms with Crippen molar-refractivity contribution >= 4 is 17.2 Å². The van der Waals surface area contributed by atoms with Gasteiger partial charge in [-0.3, -0.25) is 10.4 Å². The van der Waals surface area contributed by atoms with Crippen LogP contribution in [0.1, 0.15) is 17.0 Å². The Balaban J connectivity index is 1.90. The van der Waals surface area contributed by atoms with Gasteiger partial charge in [0.15, 0.2) is 0 Å². The van der Waals surface area contributed by atoms with Crippen LogP contribution in [-0.2, 0) is 6.42 Å². The van der Waals surface area contributed by atoms with E-state index in [4.69, 9.17) is 16.4 Å². The summed E-state index contributed by atoms with van der Waals surface area (Å²) < 4.78 is 0. The van der Waals surface area contributed by atoms with E-state index in [-0.39, 0.29) is 12.1 Å². The highest BCUT2D eigenvalue weighted by atomic mass is 15.2. The van der Waals surface area contributed by atoms with Gasteiger partial charge in [0.2, 0.25) is 0 Å². The number of hydrogen-bond donors (Lipinski definition) is 3. The molecule has 24 heavy (non-hydrogen) atoms. The molecule has 0 bridgehead atoms. The van der Waals surface area contributed by atoms with E-state index in [1.165, 1.54) is 6.20 Å². The van der Waals surface area contributed by atoms with Gasteiger partial charge in [-0.1, -0.05) is 6.07 Å². The van der Waals surface area contributed by atoms with Gasteiger partial charge in [-0.05, 0) is 18.2 Å². The molecule has 3 rings (SSSR count). The molecule has 0 spiro atoms. The van der Waals surface area contributed by atoms with E-state index in [0.717, 1.165) is 32.0 Å². The number of piperazine rings is 1. The maximum Gasteiger partial charge on any atom is 0.129 e. The third kappa shape index (κ3) is 3.34. The Morgan fingerprint density at radius 1 is 1.38 bits per heavy atom. The molecule has 0 aliphatic carbocycles. The molecule has 3 heterocycles. The summed E-state index contributed by atoms with van der Waals surface area (Å²) in [5.74, 6) is 0.864. The van der Waals surface area contributed by atoms with Gasteiger partial charge < -0.3 is 16.0 Å². The first kappa shape index (κ1) is 15.9. The second-order valence-electron chi connectivity index (χ2n) is 5.59. The molecule has 1 aliphatic heterocycles. The minimum atomic E-state index is 0.189. The van der Waals surface area contributed by atoms with Gasteiger partial charge in [-0.25, -0.2) is 4.98 Å². The molecular formula is C17H19N7. The molecule has 0 saturated carbocycles. The molecule has 4 N–H and O–H groups in total. The fraction of sp³-hybridized carbons (Fsp3) is 0.294. The first-order valence-electron chi connectivity index (χ1n) is 7.82. The topological polar surface area (TPSA) is 115 Å². The summed E-state index contributed by atoms with van der Waals surface area (Å²) in [6, 6.07) is 9.42. The third-order valence-electron chi connectivity index (χ3n) is 3.95. The highest BCUT2D eigenvalue weighted by Gasteiger charge is 2.15. The average Bonchev–Trinajstić information content (AvgIpc) is 2.64. The molecule has 0 radical (unpaired) electrons. The van der Waals surface area contributed by atoms with Crippen molar-refractivity contribution < 1.29 is 0 Å². The second-order valence-corrected chi connectivity index (χ2v) is 5.59. The monoisotopic (exact) mass is 321 g/mol. The highest BCUT2D eigenvalue weighted by Crippen LogP contribution is 2.19. The van der Waals surface area contributed by atoms with Crippen molar-refractivity contribution in [3.63, 3.8) is 0 Å². The molecule has 0 aromatic carbocycles. The van der Waals surface area contributed by atoms with Crippen molar-refractivity contribution in [1.29, 1.82) is 10.7 Å². The molecule has 0 amide bonds. The molecule has 1 saturated heterocycles. The summed E-state index contributed by atoms with van der Waals surface area (Å²) in [6.07, 6.45) is 1.69. The maximum atomic E-state index is 8.82. The Morgan fingerprint density at radius 2 is 2.17 bits per heavy atom. The maximum absolute atomic E-state index is 8.82. The predicted octanol–water partition coefficient (Wildman–Crippen LogP) is 0.951. The van der Waals surface area contributed by atoms with Crippen LogP contribution in [0.25, 0.3) is 0 Å². The van der Waals surface area contributed by atoms with Gasteiger partial charge >= 0.3 is 0 Å². The highest BCUT2D eigenvalue weighted by molar-refractivity contribution is 6.12. The standard InChI is InChI=1S/C17H19N7/c18-5-4-12-10-13(14(19)11-22-12)17(20)15-2-1-3-16(23-15)24-8-6-21-7-9-24/h1-3,10-11,20-21H,4,6-9,19H2. The third-order valence-corrected chi connectivity index (χ3v) is 3.95. The molecule has 1 aliphatic rings. The van der Waals surface area contributed by atoms with E-state index in [9.17, 15) is 0 Å². The first-order chi connectivity index (χ1) is 11.7. The van der Waals surface area contributed by atoms with Gasteiger partial charge in [0.25, 0.3) is 0 Å². The summed E-state index contributed by atoms with van der Waals surface area (Å²) in [6.45, 7) is 3.65. The lowest BCUT2D eigenvalue weighted by Gasteiger charge is -2.28. The second kappa shape index (κ2) is 7.06. The van der Waals surface area contributed by atoms with Crippen LogP contribution in [0.3, 0.4) is 0 Å². The van der Waals surface area contributed by atoms with Crippen molar-refractivity contribution in [2.24, 2.45) is 0 Å². The number of pyridine rings is 2. The van der Waals surface area contributed by atoms with Gasteiger partial charge in [-0.2, -0.15) is 5.26 Å². The van der Waals surface area contributed by atoms with Gasteiger partial charge in [0.1, 0.15) is 5.82 Å². The fourth-order valence-electron chi connectivity index (χ4n) is 2.67. The zero-order chi connectivity index (χ0) is 16.9. The summed E-state index contributed by atoms with van der Waals surface area (Å²) in [7, 11) is 0. The van der Waals surface area contributed by atoms with Crippen LogP contribution >= 0.6 is 0 Å². The average molecular weight is 321 g/mol. The molecule has 0 atom stereocenters. The largest absolute Gasteiger partial charge is 0.397 e. The van der Waals surface area contributed by atoms with Crippen LogP contribution in [0.5, 0.6) is 0 Å². The van der Waals surface area contributed by atoms with E-state index in [1.807, 2.05) is 12.1 Å². The lowest BCUT2D eigenvalue weighted by molar-refractivity contribution is 0.585. The number of nitriles is 1. The number of nitrogens with zero attached hydrogens (tertiary/aromatic N) is 4. The lowest BCUT2D eigenvalue weighted by Crippen LogP contribution is -2.44. The van der Waals surface area contributed by atoms with Crippen LogP contribution in [0.2, 0.25) is 0 Å². The Kier molecular flexibility index (Phi) is 4.68. The Bertz CT molecular complexity index is 788. The lowest BCUT2D eigenvalue weighted by atomic mass is 10.0. The van der Waals surface area contributed by atoms with Crippen LogP contribution in [0, 0.1) is 16.7 Å². The number of hydrogen-bond acceptors (Lipinski definition) is 7. The number of nitrogens with two attached hydrogens (primary N) is 1. The summed E-state index contributed by atoms with van der Waals surface area (Å²) in [4.78, 5) is 10.9. The zero-order valence-corrected chi connectivity index (χ0v) is 13.3. The van der Waals surface area contributed by atoms with E-state index in [2.05, 4.69) is 26.3 Å². The summed E-state index contributed by atoms with van der Waals surface area (Å²) >= 11 is 0. The van der Waals surface area contributed by atoms with E-state index in [1.54, 1.807) is 12.1 Å². The Hall–Kier alpha value is -2.98. The van der Waals surface area contributed by atoms with Crippen LogP contribution in [0.4, 0.5) is 11.5 Å². The first-order valence-corrected chi connectivity index (χ1v) is 7.82. The number of rotatable bonds is 4. The van der Waals surface area contributed by atoms with Gasteiger partial charge in [0, 0.05) is 31.7 Å². The normalized spacial score (nSPS) is 14.2. The number of nitrogen functional groups attached to an aromatic ring is 1. The number of nitrogens with one attached hydrogen (secondary N) is 2. The molecule has 7 heteroatoms. The molecule has 2 aromatic rings. The van der Waals surface area contributed by atoms with Crippen molar-refractivity contribution in [2.75, 3.05) is 36.8 Å². The molecule has 0 unspecified atom stereocenters. The molecule has 1 fully saturated rings. The smallest absolute Gasteiger partial charge is 0.129 e. The predicted molar refractivity (Wildman–Crippen MR) is 93.2 cm³/mol. The Morgan fingerprint density at radius 3 is 2.92 bits per heavy atom. The van der Waals surface area contributed by atoms with Crippen molar-refractivity contribution in [2.45, 2.75) is 6.42 Å². The number of aromatic nitrogens is 2. The minimum absolute atomic E-state index is 0.189. The van der Waals surface area contributed by atoms with Crippen LogP contribution < -0.4 is 16.0 Å². The van der Waals surface area contributed by atoms with E-state index >= 15 is 0 Å². The number of anilines is 2.